The SMILES string of the molecule is COc1ccc([C@@H]2c3ccc(O)cc3Oc3ncn4nc(COc5c(C)cccc5C)nc4c32)cc1OC. The van der Waals surface area contributed by atoms with E-state index < -0.39 is 0 Å². The van der Waals surface area contributed by atoms with E-state index in [1.54, 1.807) is 37.2 Å². The summed E-state index contributed by atoms with van der Waals surface area (Å²) in [6, 6.07) is 16.9. The van der Waals surface area contributed by atoms with E-state index in [-0.39, 0.29) is 18.3 Å². The first-order valence-electron chi connectivity index (χ1n) is 12.1. The molecule has 1 N–H and O–H groups in total. The Balaban J connectivity index is 1.48. The predicted molar refractivity (Wildman–Crippen MR) is 140 cm³/mol. The number of ether oxygens (including phenoxy) is 4. The van der Waals surface area contributed by atoms with Crippen LogP contribution in [0.1, 0.15) is 39.6 Å². The summed E-state index contributed by atoms with van der Waals surface area (Å²) in [5.74, 6) is 3.27. The summed E-state index contributed by atoms with van der Waals surface area (Å²) in [4.78, 5) is 9.39. The van der Waals surface area contributed by atoms with E-state index in [9.17, 15) is 5.11 Å². The van der Waals surface area contributed by atoms with Gasteiger partial charge in [-0.1, -0.05) is 30.3 Å². The minimum absolute atomic E-state index is 0.104. The molecule has 0 unspecified atom stereocenters. The summed E-state index contributed by atoms with van der Waals surface area (Å²) in [7, 11) is 3.21. The van der Waals surface area contributed by atoms with E-state index in [1.165, 1.54) is 0 Å². The number of aromatic hydroxyl groups is 1. The number of hydrogen-bond acceptors (Lipinski definition) is 8. The lowest BCUT2D eigenvalue weighted by molar-refractivity contribution is 0.292. The van der Waals surface area contributed by atoms with Gasteiger partial charge in [-0.15, -0.1) is 5.10 Å². The normalized spacial score (nSPS) is 13.9. The van der Waals surface area contributed by atoms with Gasteiger partial charge in [0.1, 0.15) is 30.2 Å². The maximum absolute atomic E-state index is 10.1. The van der Waals surface area contributed by atoms with Gasteiger partial charge in [-0.3, -0.25) is 0 Å². The van der Waals surface area contributed by atoms with Crippen LogP contribution in [0.4, 0.5) is 0 Å². The number of hydrogen-bond donors (Lipinski definition) is 1. The molecule has 0 bridgehead atoms. The van der Waals surface area contributed by atoms with Crippen molar-refractivity contribution in [3.63, 3.8) is 0 Å². The summed E-state index contributed by atoms with van der Waals surface area (Å²) in [5, 5.41) is 14.8. The molecule has 1 aliphatic heterocycles. The second-order valence-electron chi connectivity index (χ2n) is 9.14. The fourth-order valence-electron chi connectivity index (χ4n) is 4.95. The molecule has 0 saturated carbocycles. The number of rotatable bonds is 6. The molecule has 192 valence electrons. The molecule has 0 aliphatic carbocycles. The Morgan fingerprint density at radius 1 is 0.974 bits per heavy atom. The van der Waals surface area contributed by atoms with Crippen LogP contribution >= 0.6 is 0 Å². The molecule has 1 atom stereocenters. The lowest BCUT2D eigenvalue weighted by atomic mass is 9.83. The largest absolute Gasteiger partial charge is 0.508 e. The van der Waals surface area contributed by atoms with Crippen molar-refractivity contribution in [3.8, 4) is 34.6 Å². The lowest BCUT2D eigenvalue weighted by Gasteiger charge is -2.28. The van der Waals surface area contributed by atoms with Crippen molar-refractivity contribution in [3.05, 3.63) is 94.6 Å². The number of benzene rings is 3. The van der Waals surface area contributed by atoms with Gasteiger partial charge in [-0.2, -0.15) is 0 Å². The molecule has 38 heavy (non-hydrogen) atoms. The second kappa shape index (κ2) is 9.26. The molecule has 3 aromatic carbocycles. The van der Waals surface area contributed by atoms with Crippen molar-refractivity contribution in [1.82, 2.24) is 19.6 Å². The van der Waals surface area contributed by atoms with Crippen molar-refractivity contribution in [1.29, 1.82) is 0 Å². The van der Waals surface area contributed by atoms with Crippen LogP contribution in [0, 0.1) is 13.8 Å². The van der Waals surface area contributed by atoms with E-state index in [1.807, 2.05) is 56.3 Å². The average Bonchev–Trinajstić information content (AvgIpc) is 3.34. The highest BCUT2D eigenvalue weighted by Gasteiger charge is 2.34. The smallest absolute Gasteiger partial charge is 0.228 e. The summed E-state index contributed by atoms with van der Waals surface area (Å²) >= 11 is 0. The molecule has 9 nitrogen and oxygen atoms in total. The molecule has 5 aromatic rings. The molecule has 0 saturated heterocycles. The van der Waals surface area contributed by atoms with Gasteiger partial charge in [0, 0.05) is 17.5 Å². The molecule has 2 aromatic heterocycles. The maximum Gasteiger partial charge on any atom is 0.228 e. The monoisotopic (exact) mass is 510 g/mol. The molecule has 0 amide bonds. The highest BCUT2D eigenvalue weighted by Crippen LogP contribution is 2.49. The quantitative estimate of drug-likeness (QED) is 0.321. The van der Waals surface area contributed by atoms with Crippen molar-refractivity contribution in [2.45, 2.75) is 26.4 Å². The van der Waals surface area contributed by atoms with E-state index in [2.05, 4.69) is 10.1 Å². The van der Waals surface area contributed by atoms with Crippen LogP contribution in [-0.4, -0.2) is 38.9 Å². The Bertz CT molecular complexity index is 1660. The minimum Gasteiger partial charge on any atom is -0.508 e. The fraction of sp³-hybridized carbons (Fsp3) is 0.207. The number of aryl methyl sites for hydroxylation is 2. The Morgan fingerprint density at radius 2 is 1.76 bits per heavy atom. The van der Waals surface area contributed by atoms with Crippen LogP contribution in [0.15, 0.2) is 60.9 Å². The zero-order valence-corrected chi connectivity index (χ0v) is 21.4. The number of aromatic nitrogens is 4. The summed E-state index contributed by atoms with van der Waals surface area (Å²) in [6.45, 7) is 4.23. The summed E-state index contributed by atoms with van der Waals surface area (Å²) in [5.41, 5.74) is 5.24. The topological polar surface area (TPSA) is 100 Å². The number of phenolic OH excluding ortho intramolecular Hbond substituents is 1. The van der Waals surface area contributed by atoms with Gasteiger partial charge in [0.2, 0.25) is 5.88 Å². The first-order valence-corrected chi connectivity index (χ1v) is 12.1. The van der Waals surface area contributed by atoms with Crippen molar-refractivity contribution in [2.24, 2.45) is 0 Å². The standard InChI is InChI=1S/C29H26N4O5/c1-16-6-5-7-17(2)27(16)37-14-24-31-28-26-25(18-8-11-21(35-3)23(12-18)36-4)20-10-9-19(34)13-22(20)38-29(26)30-15-33(28)32-24/h5-13,15,25,34H,14H2,1-4H3/t25-/m1/s1. The average molecular weight is 511 g/mol. The van der Waals surface area contributed by atoms with Gasteiger partial charge < -0.3 is 24.1 Å². The van der Waals surface area contributed by atoms with Crippen molar-refractivity contribution >= 4 is 5.65 Å². The van der Waals surface area contributed by atoms with Crippen LogP contribution in [0.25, 0.3) is 5.65 Å². The first kappa shape index (κ1) is 23.6. The van der Waals surface area contributed by atoms with E-state index in [4.69, 9.17) is 23.9 Å². The second-order valence-corrected chi connectivity index (χ2v) is 9.14. The molecule has 6 rings (SSSR count). The number of fused-ring (bicyclic) bond motifs is 4. The maximum atomic E-state index is 10.1. The van der Waals surface area contributed by atoms with Crippen LogP contribution in [0.2, 0.25) is 0 Å². The van der Waals surface area contributed by atoms with Gasteiger partial charge in [-0.05, 0) is 48.7 Å². The number of methoxy groups -OCH3 is 2. The van der Waals surface area contributed by atoms with Crippen LogP contribution in [-0.2, 0) is 6.61 Å². The number of phenols is 1. The van der Waals surface area contributed by atoms with Crippen LogP contribution < -0.4 is 18.9 Å². The number of para-hydroxylation sites is 1. The van der Waals surface area contributed by atoms with Crippen LogP contribution in [0.5, 0.6) is 34.6 Å². The number of nitrogens with zero attached hydrogens (tertiary/aromatic N) is 4. The first-order chi connectivity index (χ1) is 18.5. The van der Waals surface area contributed by atoms with Gasteiger partial charge in [0.05, 0.1) is 19.8 Å². The zero-order valence-electron chi connectivity index (χ0n) is 21.4. The summed E-state index contributed by atoms with van der Waals surface area (Å²) < 4.78 is 24.9. The fourth-order valence-corrected chi connectivity index (χ4v) is 4.95. The molecule has 0 radical (unpaired) electrons. The minimum atomic E-state index is -0.318. The highest BCUT2D eigenvalue weighted by molar-refractivity contribution is 5.67. The Hall–Kier alpha value is -4.79. The van der Waals surface area contributed by atoms with Gasteiger partial charge >= 0.3 is 0 Å². The van der Waals surface area contributed by atoms with Gasteiger partial charge in [-0.25, -0.2) is 14.5 Å². The Kier molecular flexibility index (Phi) is 5.75. The van der Waals surface area contributed by atoms with E-state index in [0.717, 1.165) is 33.6 Å². The molecular weight excluding hydrogens is 484 g/mol. The molecule has 0 fully saturated rings. The van der Waals surface area contributed by atoms with Gasteiger partial charge in [0.25, 0.3) is 0 Å². The van der Waals surface area contributed by atoms with Crippen molar-refractivity contribution < 1.29 is 24.1 Å². The lowest BCUT2D eigenvalue weighted by Crippen LogP contribution is -2.15. The third kappa shape index (κ3) is 3.92. The third-order valence-electron chi connectivity index (χ3n) is 6.73. The van der Waals surface area contributed by atoms with E-state index in [0.29, 0.717) is 34.6 Å². The summed E-state index contributed by atoms with van der Waals surface area (Å²) in [6.07, 6.45) is 1.57. The molecule has 9 heteroatoms. The predicted octanol–water partition coefficient (Wildman–Crippen LogP) is 5.33. The molecule has 0 spiro atoms. The highest BCUT2D eigenvalue weighted by atomic mass is 16.5. The van der Waals surface area contributed by atoms with E-state index >= 15 is 0 Å². The molecule has 3 heterocycles. The van der Waals surface area contributed by atoms with Crippen LogP contribution in [0.3, 0.4) is 0 Å². The third-order valence-corrected chi connectivity index (χ3v) is 6.73. The van der Waals surface area contributed by atoms with Crippen molar-refractivity contribution in [2.75, 3.05) is 14.2 Å². The Morgan fingerprint density at radius 3 is 2.53 bits per heavy atom. The molecular formula is C29H26N4O5. The van der Waals surface area contributed by atoms with Gasteiger partial charge in [0.15, 0.2) is 23.0 Å². The molecule has 1 aliphatic rings. The zero-order chi connectivity index (χ0) is 26.4. The Labute approximate surface area is 219 Å².